The van der Waals surface area contributed by atoms with Crippen LogP contribution < -0.4 is 5.32 Å². The van der Waals surface area contributed by atoms with Gasteiger partial charge >= 0.3 is 0 Å². The molecule has 0 spiro atoms. The van der Waals surface area contributed by atoms with Gasteiger partial charge in [0.05, 0.1) is 11.4 Å². The lowest BCUT2D eigenvalue weighted by Crippen LogP contribution is -2.14. The second-order valence-electron chi connectivity index (χ2n) is 6.07. The highest BCUT2D eigenvalue weighted by molar-refractivity contribution is 7.99. The van der Waals surface area contributed by atoms with Crippen LogP contribution in [-0.2, 0) is 11.2 Å². The number of aryl methyl sites for hydroxylation is 1. The predicted octanol–water partition coefficient (Wildman–Crippen LogP) is 3.48. The van der Waals surface area contributed by atoms with Crippen molar-refractivity contribution in [3.05, 3.63) is 66.4 Å². The monoisotopic (exact) mass is 390 g/mol. The number of hydrogen-bond donors (Lipinski definition) is 1. The molecule has 7 nitrogen and oxygen atoms in total. The topological polar surface area (TPSA) is 85.1 Å². The number of nitrogens with zero attached hydrogens (tertiary/aromatic N) is 5. The highest BCUT2D eigenvalue weighted by Gasteiger charge is 2.12. The second-order valence-corrected chi connectivity index (χ2v) is 7.02. The Hall–Kier alpha value is -3.26. The molecule has 0 aliphatic rings. The molecule has 0 bridgehead atoms. The number of amides is 1. The quantitative estimate of drug-likeness (QED) is 0.507. The Morgan fingerprint density at radius 1 is 1.04 bits per heavy atom. The summed E-state index contributed by atoms with van der Waals surface area (Å²) in [4.78, 5) is 16.6. The summed E-state index contributed by atoms with van der Waals surface area (Å²) in [6.45, 7) is 2.10. The zero-order valence-electron chi connectivity index (χ0n) is 15.2. The van der Waals surface area contributed by atoms with Gasteiger partial charge in [-0.1, -0.05) is 36.9 Å². The second kappa shape index (κ2) is 8.18. The lowest BCUT2D eigenvalue weighted by atomic mass is 10.1. The molecule has 0 aliphatic carbocycles. The molecule has 0 aliphatic heterocycles. The largest absolute Gasteiger partial charge is 0.325 e. The van der Waals surface area contributed by atoms with Crippen molar-refractivity contribution in [3.63, 3.8) is 0 Å². The number of hydrogen-bond acceptors (Lipinski definition) is 6. The standard InChI is InChI=1S/C20H18N6OS/c1-2-14-6-8-15(9-7-14)22-19(27)13-28-20-24-23-18-11-10-17(25-26(18)20)16-5-3-4-12-21-16/h3-12H,2,13H2,1H3,(H,22,27). The lowest BCUT2D eigenvalue weighted by Gasteiger charge is -2.05. The van der Waals surface area contributed by atoms with Crippen LogP contribution in [-0.4, -0.2) is 36.5 Å². The third-order valence-electron chi connectivity index (χ3n) is 4.14. The third-order valence-corrected chi connectivity index (χ3v) is 5.06. The Morgan fingerprint density at radius 2 is 1.89 bits per heavy atom. The Kier molecular flexibility index (Phi) is 5.29. The first-order valence-corrected chi connectivity index (χ1v) is 9.87. The van der Waals surface area contributed by atoms with E-state index in [-0.39, 0.29) is 11.7 Å². The first-order valence-electron chi connectivity index (χ1n) is 8.88. The normalized spacial score (nSPS) is 10.9. The number of carbonyl (C=O) groups is 1. The molecule has 0 unspecified atom stereocenters. The van der Waals surface area contributed by atoms with Crippen molar-refractivity contribution < 1.29 is 4.79 Å². The van der Waals surface area contributed by atoms with E-state index in [1.54, 1.807) is 10.7 Å². The third kappa shape index (κ3) is 4.01. The van der Waals surface area contributed by atoms with Crippen molar-refractivity contribution in [2.24, 2.45) is 0 Å². The zero-order chi connectivity index (χ0) is 19.3. The fourth-order valence-electron chi connectivity index (χ4n) is 2.66. The number of rotatable bonds is 6. The van der Waals surface area contributed by atoms with Gasteiger partial charge in [-0.25, -0.2) is 0 Å². The van der Waals surface area contributed by atoms with Crippen LogP contribution in [0, 0.1) is 0 Å². The number of pyridine rings is 1. The first kappa shape index (κ1) is 18.1. The minimum absolute atomic E-state index is 0.105. The van der Waals surface area contributed by atoms with E-state index >= 15 is 0 Å². The zero-order valence-corrected chi connectivity index (χ0v) is 16.1. The SMILES string of the molecule is CCc1ccc(NC(=O)CSc2nnc3ccc(-c4ccccn4)nn23)cc1. The molecule has 3 heterocycles. The number of benzene rings is 1. The summed E-state index contributed by atoms with van der Waals surface area (Å²) < 4.78 is 1.64. The van der Waals surface area contributed by atoms with Crippen LogP contribution in [0.4, 0.5) is 5.69 Å². The van der Waals surface area contributed by atoms with Crippen LogP contribution >= 0.6 is 11.8 Å². The highest BCUT2D eigenvalue weighted by atomic mass is 32.2. The molecule has 140 valence electrons. The average molecular weight is 390 g/mol. The molecule has 0 fully saturated rings. The lowest BCUT2D eigenvalue weighted by molar-refractivity contribution is -0.113. The number of fused-ring (bicyclic) bond motifs is 1. The molecule has 4 rings (SSSR count). The number of nitrogens with one attached hydrogen (secondary N) is 1. The van der Waals surface area contributed by atoms with E-state index in [1.807, 2.05) is 54.6 Å². The molecule has 1 aromatic carbocycles. The molecule has 28 heavy (non-hydrogen) atoms. The Bertz CT molecular complexity index is 1090. The minimum Gasteiger partial charge on any atom is -0.325 e. The maximum atomic E-state index is 12.3. The van der Waals surface area contributed by atoms with Crippen molar-refractivity contribution in [1.29, 1.82) is 0 Å². The van der Waals surface area contributed by atoms with E-state index in [0.29, 0.717) is 10.8 Å². The Balaban J connectivity index is 1.46. The average Bonchev–Trinajstić information content (AvgIpc) is 3.16. The fourth-order valence-corrected chi connectivity index (χ4v) is 3.35. The van der Waals surface area contributed by atoms with Gasteiger partial charge in [-0.2, -0.15) is 9.61 Å². The van der Waals surface area contributed by atoms with Gasteiger partial charge in [-0.05, 0) is 48.4 Å². The fraction of sp³-hybridized carbons (Fsp3) is 0.150. The number of anilines is 1. The van der Waals surface area contributed by atoms with E-state index in [4.69, 9.17) is 0 Å². The highest BCUT2D eigenvalue weighted by Crippen LogP contribution is 2.20. The molecule has 4 aromatic rings. The van der Waals surface area contributed by atoms with Crippen molar-refractivity contribution in [2.45, 2.75) is 18.5 Å². The predicted molar refractivity (Wildman–Crippen MR) is 109 cm³/mol. The summed E-state index contributed by atoms with van der Waals surface area (Å²) in [6.07, 6.45) is 2.69. The minimum atomic E-state index is -0.105. The van der Waals surface area contributed by atoms with Gasteiger partial charge in [0.25, 0.3) is 0 Å². The molecule has 1 amide bonds. The number of carbonyl (C=O) groups excluding carboxylic acids is 1. The van der Waals surface area contributed by atoms with Crippen LogP contribution in [0.15, 0.2) is 66.0 Å². The van der Waals surface area contributed by atoms with Gasteiger partial charge in [0.1, 0.15) is 5.69 Å². The molecule has 0 saturated carbocycles. The number of aromatic nitrogens is 5. The summed E-state index contributed by atoms with van der Waals surface area (Å²) in [5, 5.41) is 16.3. The maximum absolute atomic E-state index is 12.3. The van der Waals surface area contributed by atoms with Crippen molar-refractivity contribution >= 4 is 29.0 Å². The van der Waals surface area contributed by atoms with E-state index in [0.717, 1.165) is 23.5 Å². The molecule has 3 aromatic heterocycles. The van der Waals surface area contributed by atoms with Crippen molar-refractivity contribution in [2.75, 3.05) is 11.1 Å². The van der Waals surface area contributed by atoms with Crippen molar-refractivity contribution in [3.8, 4) is 11.4 Å². The summed E-state index contributed by atoms with van der Waals surface area (Å²) in [7, 11) is 0. The van der Waals surface area contributed by atoms with E-state index in [9.17, 15) is 4.79 Å². The molecule has 0 radical (unpaired) electrons. The summed E-state index contributed by atoms with van der Waals surface area (Å²) in [5.41, 5.74) is 4.12. The van der Waals surface area contributed by atoms with Gasteiger partial charge in [0, 0.05) is 11.9 Å². The molecular weight excluding hydrogens is 372 g/mol. The molecule has 0 saturated heterocycles. The van der Waals surface area contributed by atoms with E-state index in [1.165, 1.54) is 17.3 Å². The first-order chi connectivity index (χ1) is 13.7. The molecule has 8 heteroatoms. The van der Waals surface area contributed by atoms with E-state index in [2.05, 4.69) is 32.5 Å². The van der Waals surface area contributed by atoms with Gasteiger partial charge in [-0.3, -0.25) is 9.78 Å². The Labute approximate surface area is 166 Å². The van der Waals surface area contributed by atoms with Gasteiger partial charge in [0.15, 0.2) is 5.65 Å². The summed E-state index contributed by atoms with van der Waals surface area (Å²) in [5.74, 6) is 0.109. The Morgan fingerprint density at radius 3 is 2.64 bits per heavy atom. The van der Waals surface area contributed by atoms with Crippen LogP contribution in [0.25, 0.3) is 17.0 Å². The molecular formula is C20H18N6OS. The number of thioether (sulfide) groups is 1. The van der Waals surface area contributed by atoms with Crippen molar-refractivity contribution in [1.82, 2.24) is 24.8 Å². The van der Waals surface area contributed by atoms with Crippen LogP contribution in [0.5, 0.6) is 0 Å². The van der Waals surface area contributed by atoms with Gasteiger partial charge in [0.2, 0.25) is 11.1 Å². The summed E-state index contributed by atoms with van der Waals surface area (Å²) in [6, 6.07) is 17.2. The van der Waals surface area contributed by atoms with Crippen LogP contribution in [0.3, 0.4) is 0 Å². The van der Waals surface area contributed by atoms with Crippen LogP contribution in [0.2, 0.25) is 0 Å². The van der Waals surface area contributed by atoms with Gasteiger partial charge in [-0.15, -0.1) is 10.2 Å². The van der Waals surface area contributed by atoms with Gasteiger partial charge < -0.3 is 5.32 Å². The smallest absolute Gasteiger partial charge is 0.234 e. The molecule has 0 atom stereocenters. The maximum Gasteiger partial charge on any atom is 0.234 e. The van der Waals surface area contributed by atoms with E-state index < -0.39 is 0 Å². The summed E-state index contributed by atoms with van der Waals surface area (Å²) >= 11 is 1.29. The van der Waals surface area contributed by atoms with Crippen LogP contribution in [0.1, 0.15) is 12.5 Å². The molecule has 1 N–H and O–H groups in total.